The van der Waals surface area contributed by atoms with Crippen molar-refractivity contribution in [3.63, 3.8) is 0 Å². The van der Waals surface area contributed by atoms with E-state index in [1.807, 2.05) is 6.07 Å². The predicted octanol–water partition coefficient (Wildman–Crippen LogP) is 3.91. The molecule has 1 aliphatic rings. The Morgan fingerprint density at radius 2 is 2.09 bits per heavy atom. The number of benzene rings is 1. The molecule has 2 atom stereocenters. The van der Waals surface area contributed by atoms with Crippen LogP contribution in [0.25, 0.3) is 0 Å². The third-order valence-corrected chi connectivity index (χ3v) is 4.73. The number of aryl methyl sites for hydroxylation is 2. The van der Waals surface area contributed by atoms with E-state index in [0.717, 1.165) is 12.2 Å². The number of guanidine groups is 1. The third kappa shape index (κ3) is 5.95. The first kappa shape index (κ1) is 20.2. The number of halogens is 1. The van der Waals surface area contributed by atoms with Crippen molar-refractivity contribution in [1.82, 2.24) is 4.90 Å². The summed E-state index contributed by atoms with van der Waals surface area (Å²) in [5.41, 5.74) is 9.57. The van der Waals surface area contributed by atoms with Gasteiger partial charge in [-0.15, -0.1) is 24.0 Å². The molecular weight excluding hydrogens is 399 g/mol. The van der Waals surface area contributed by atoms with E-state index < -0.39 is 0 Å². The normalized spacial score (nSPS) is 20.7. The van der Waals surface area contributed by atoms with E-state index in [0.29, 0.717) is 18.0 Å². The maximum atomic E-state index is 6.03. The van der Waals surface area contributed by atoms with Gasteiger partial charge >= 0.3 is 0 Å². The van der Waals surface area contributed by atoms with Crippen molar-refractivity contribution in [3.8, 4) is 0 Å². The summed E-state index contributed by atoms with van der Waals surface area (Å²) in [6, 6.07) is 7.35. The second-order valence-electron chi connectivity index (χ2n) is 6.58. The predicted molar refractivity (Wildman–Crippen MR) is 111 cm³/mol. The Balaban J connectivity index is 0.00000264. The Labute approximate surface area is 157 Å². The first-order valence-electron chi connectivity index (χ1n) is 8.37. The van der Waals surface area contributed by atoms with E-state index >= 15 is 0 Å². The summed E-state index contributed by atoms with van der Waals surface area (Å²) in [4.78, 5) is 7.07. The van der Waals surface area contributed by atoms with Crippen LogP contribution in [0.2, 0.25) is 0 Å². The number of hydrogen-bond acceptors (Lipinski definition) is 2. The summed E-state index contributed by atoms with van der Waals surface area (Å²) < 4.78 is 0. The molecular formula is C18H31IN4. The average molecular weight is 430 g/mol. The molecule has 0 aliphatic carbocycles. The molecule has 0 aromatic heterocycles. The van der Waals surface area contributed by atoms with Crippen molar-refractivity contribution in [1.29, 1.82) is 0 Å². The number of piperidine rings is 1. The van der Waals surface area contributed by atoms with Gasteiger partial charge in [-0.1, -0.05) is 12.5 Å². The van der Waals surface area contributed by atoms with Crippen LogP contribution in [0.3, 0.4) is 0 Å². The molecule has 5 heteroatoms. The summed E-state index contributed by atoms with van der Waals surface area (Å²) in [5, 5.41) is 3.19. The summed E-state index contributed by atoms with van der Waals surface area (Å²) in [5.74, 6) is 0.500. The molecule has 23 heavy (non-hydrogen) atoms. The average Bonchev–Trinajstić information content (AvgIpc) is 2.49. The van der Waals surface area contributed by atoms with E-state index in [1.54, 1.807) is 0 Å². The molecule has 2 unspecified atom stereocenters. The van der Waals surface area contributed by atoms with Crippen LogP contribution >= 0.6 is 24.0 Å². The molecule has 1 fully saturated rings. The van der Waals surface area contributed by atoms with E-state index in [2.05, 4.69) is 55.0 Å². The molecule has 3 N–H and O–H groups in total. The molecule has 1 heterocycles. The van der Waals surface area contributed by atoms with Crippen LogP contribution in [-0.4, -0.2) is 36.0 Å². The van der Waals surface area contributed by atoms with Crippen molar-refractivity contribution >= 4 is 35.6 Å². The lowest BCUT2D eigenvalue weighted by Crippen LogP contribution is -2.45. The number of aliphatic imine (C=N–C) groups is 1. The van der Waals surface area contributed by atoms with Crippen molar-refractivity contribution in [3.05, 3.63) is 29.3 Å². The quantitative estimate of drug-likeness (QED) is 0.433. The van der Waals surface area contributed by atoms with Crippen molar-refractivity contribution in [2.24, 2.45) is 10.7 Å². The number of hydrogen-bond donors (Lipinski definition) is 2. The van der Waals surface area contributed by atoms with Crippen molar-refractivity contribution in [2.45, 2.75) is 59.0 Å². The summed E-state index contributed by atoms with van der Waals surface area (Å²) in [6.45, 7) is 10.7. The number of nitrogens with one attached hydrogen (secondary N) is 1. The standard InChI is InChI=1S/C18H30N4.HI/c1-13-8-9-17(11-14(13)2)21-18(19)20-12-16(4)22-10-6-5-7-15(22)3;/h8-9,11,15-16H,5-7,10,12H2,1-4H3,(H3,19,20,21);1H. The zero-order valence-corrected chi connectivity index (χ0v) is 17.1. The molecule has 1 aromatic rings. The second kappa shape index (κ2) is 9.47. The monoisotopic (exact) mass is 430 g/mol. The smallest absolute Gasteiger partial charge is 0.193 e. The van der Waals surface area contributed by atoms with Gasteiger partial charge in [-0.05, 0) is 70.3 Å². The second-order valence-corrected chi connectivity index (χ2v) is 6.58. The van der Waals surface area contributed by atoms with Gasteiger partial charge in [0.1, 0.15) is 0 Å². The zero-order chi connectivity index (χ0) is 16.1. The highest BCUT2D eigenvalue weighted by molar-refractivity contribution is 14.0. The SMILES string of the molecule is Cc1ccc(NC(N)=NCC(C)N2CCCCC2C)cc1C.I. The first-order valence-corrected chi connectivity index (χ1v) is 8.37. The summed E-state index contributed by atoms with van der Waals surface area (Å²) >= 11 is 0. The molecule has 1 aromatic carbocycles. The lowest BCUT2D eigenvalue weighted by molar-refractivity contribution is 0.118. The fourth-order valence-corrected chi connectivity index (χ4v) is 3.12. The fraction of sp³-hybridized carbons (Fsp3) is 0.611. The molecule has 0 amide bonds. The number of nitrogens with zero attached hydrogens (tertiary/aromatic N) is 2. The van der Waals surface area contributed by atoms with Crippen LogP contribution in [0.15, 0.2) is 23.2 Å². The van der Waals surface area contributed by atoms with Gasteiger partial charge < -0.3 is 11.1 Å². The van der Waals surface area contributed by atoms with Gasteiger partial charge in [0, 0.05) is 17.8 Å². The highest BCUT2D eigenvalue weighted by atomic mass is 127. The highest BCUT2D eigenvalue weighted by Crippen LogP contribution is 2.19. The minimum atomic E-state index is 0. The van der Waals surface area contributed by atoms with Gasteiger partial charge in [0.2, 0.25) is 0 Å². The molecule has 0 bridgehead atoms. The minimum absolute atomic E-state index is 0. The van der Waals surface area contributed by atoms with Crippen LogP contribution in [0, 0.1) is 13.8 Å². The number of likely N-dealkylation sites (tertiary alicyclic amines) is 1. The molecule has 0 radical (unpaired) electrons. The fourth-order valence-electron chi connectivity index (χ4n) is 3.12. The minimum Gasteiger partial charge on any atom is -0.370 e. The van der Waals surface area contributed by atoms with Crippen molar-refractivity contribution in [2.75, 3.05) is 18.4 Å². The summed E-state index contributed by atoms with van der Waals surface area (Å²) in [6.07, 6.45) is 3.95. The molecule has 0 spiro atoms. The van der Waals surface area contributed by atoms with Crippen LogP contribution in [0.1, 0.15) is 44.2 Å². The van der Waals surface area contributed by atoms with Crippen molar-refractivity contribution < 1.29 is 0 Å². The lowest BCUT2D eigenvalue weighted by Gasteiger charge is -2.37. The number of rotatable bonds is 4. The van der Waals surface area contributed by atoms with Gasteiger partial charge in [-0.2, -0.15) is 0 Å². The van der Waals surface area contributed by atoms with Crippen LogP contribution < -0.4 is 11.1 Å². The van der Waals surface area contributed by atoms with E-state index in [9.17, 15) is 0 Å². The Morgan fingerprint density at radius 3 is 2.74 bits per heavy atom. The van der Waals surface area contributed by atoms with E-state index in [1.165, 1.54) is 36.9 Å². The van der Waals surface area contributed by atoms with Crippen LogP contribution in [0.5, 0.6) is 0 Å². The topological polar surface area (TPSA) is 53.6 Å². The number of nitrogens with two attached hydrogens (primary N) is 1. The van der Waals surface area contributed by atoms with E-state index in [4.69, 9.17) is 5.73 Å². The van der Waals surface area contributed by atoms with Gasteiger partial charge in [-0.25, -0.2) is 0 Å². The third-order valence-electron chi connectivity index (χ3n) is 4.73. The molecule has 0 saturated carbocycles. The van der Waals surface area contributed by atoms with E-state index in [-0.39, 0.29) is 24.0 Å². The number of anilines is 1. The highest BCUT2D eigenvalue weighted by Gasteiger charge is 2.22. The Hall–Kier alpha value is -0.820. The lowest BCUT2D eigenvalue weighted by atomic mass is 10.0. The molecule has 1 aliphatic heterocycles. The van der Waals surface area contributed by atoms with Gasteiger partial charge in [0.15, 0.2) is 5.96 Å². The van der Waals surface area contributed by atoms with Gasteiger partial charge in [0.25, 0.3) is 0 Å². The Bertz CT molecular complexity index is 530. The molecule has 1 saturated heterocycles. The first-order chi connectivity index (χ1) is 10.5. The van der Waals surface area contributed by atoms with Gasteiger partial charge in [-0.3, -0.25) is 9.89 Å². The zero-order valence-electron chi connectivity index (χ0n) is 14.8. The largest absolute Gasteiger partial charge is 0.370 e. The molecule has 130 valence electrons. The Kier molecular flexibility index (Phi) is 8.33. The van der Waals surface area contributed by atoms with Gasteiger partial charge in [0.05, 0.1) is 6.54 Å². The summed E-state index contributed by atoms with van der Waals surface area (Å²) in [7, 11) is 0. The van der Waals surface area contributed by atoms with Crippen LogP contribution in [-0.2, 0) is 0 Å². The molecule has 4 nitrogen and oxygen atoms in total. The Morgan fingerprint density at radius 1 is 1.35 bits per heavy atom. The maximum Gasteiger partial charge on any atom is 0.193 e. The molecule has 2 rings (SSSR count). The van der Waals surface area contributed by atoms with Crippen LogP contribution in [0.4, 0.5) is 5.69 Å². The maximum absolute atomic E-state index is 6.03.